The van der Waals surface area contributed by atoms with Crippen LogP contribution >= 0.6 is 23.2 Å². The van der Waals surface area contributed by atoms with Crippen LogP contribution in [0.3, 0.4) is 0 Å². The molecule has 0 spiro atoms. The van der Waals surface area contributed by atoms with Crippen LogP contribution in [0.25, 0.3) is 0 Å². The van der Waals surface area contributed by atoms with Gasteiger partial charge in [0.15, 0.2) is 11.7 Å². The van der Waals surface area contributed by atoms with Gasteiger partial charge in [0, 0.05) is 10.0 Å². The molecule has 0 saturated heterocycles. The van der Waals surface area contributed by atoms with Gasteiger partial charge >= 0.3 is 0 Å². The van der Waals surface area contributed by atoms with Gasteiger partial charge in [-0.05, 0) is 35.4 Å². The molecule has 2 rings (SSSR count). The number of rotatable bonds is 4. The van der Waals surface area contributed by atoms with E-state index < -0.39 is 0 Å². The topological polar surface area (TPSA) is 101 Å². The molecule has 0 fully saturated rings. The van der Waals surface area contributed by atoms with Gasteiger partial charge in [-0.2, -0.15) is 10.2 Å². The van der Waals surface area contributed by atoms with Crippen LogP contribution in [-0.2, 0) is 0 Å². The molecule has 6 nitrogen and oxygen atoms in total. The Labute approximate surface area is 149 Å². The minimum Gasteiger partial charge on any atom is -0.379 e. The normalized spacial score (nSPS) is 13.1. The van der Waals surface area contributed by atoms with Gasteiger partial charge in [-0.1, -0.05) is 47.5 Å². The quantitative estimate of drug-likeness (QED) is 0.497. The highest BCUT2D eigenvalue weighted by Crippen LogP contribution is 2.08. The molecule has 0 aliphatic heterocycles. The van der Waals surface area contributed by atoms with Crippen LogP contribution in [0.15, 0.2) is 68.9 Å². The van der Waals surface area contributed by atoms with Crippen LogP contribution in [0.5, 0.6) is 0 Å². The van der Waals surface area contributed by atoms with Crippen molar-refractivity contribution in [1.29, 1.82) is 0 Å². The minimum atomic E-state index is -0.0338. The van der Waals surface area contributed by atoms with Crippen molar-refractivity contribution < 1.29 is 0 Å². The molecule has 8 heteroatoms. The highest BCUT2D eigenvalue weighted by atomic mass is 35.5. The van der Waals surface area contributed by atoms with Crippen molar-refractivity contribution in [3.05, 3.63) is 69.7 Å². The zero-order valence-corrected chi connectivity index (χ0v) is 14.0. The highest BCUT2D eigenvalue weighted by molar-refractivity contribution is 6.39. The second kappa shape index (κ2) is 8.81. The third-order valence-electron chi connectivity index (χ3n) is 2.75. The van der Waals surface area contributed by atoms with Crippen molar-refractivity contribution in [3.63, 3.8) is 0 Å². The van der Waals surface area contributed by atoms with E-state index in [1.807, 2.05) is 0 Å². The van der Waals surface area contributed by atoms with E-state index in [0.29, 0.717) is 10.0 Å². The summed E-state index contributed by atoms with van der Waals surface area (Å²) in [5, 5.41) is 16.5. The van der Waals surface area contributed by atoms with Gasteiger partial charge in [-0.25, -0.2) is 0 Å². The lowest BCUT2D eigenvalue weighted by Crippen LogP contribution is -2.30. The molecule has 0 heterocycles. The van der Waals surface area contributed by atoms with Gasteiger partial charge < -0.3 is 11.5 Å². The van der Waals surface area contributed by atoms with Crippen molar-refractivity contribution in [3.8, 4) is 0 Å². The Balaban J connectivity index is 1.98. The third-order valence-corrected chi connectivity index (χ3v) is 3.25. The molecule has 0 aliphatic carbocycles. The van der Waals surface area contributed by atoms with Gasteiger partial charge in [0.2, 0.25) is 0 Å². The van der Waals surface area contributed by atoms with E-state index >= 15 is 0 Å². The van der Waals surface area contributed by atoms with Crippen molar-refractivity contribution in [1.82, 2.24) is 0 Å². The summed E-state index contributed by atoms with van der Waals surface area (Å²) in [6, 6.07) is 14.2. The van der Waals surface area contributed by atoms with Gasteiger partial charge in [0.05, 0.1) is 12.4 Å². The molecule has 0 amide bonds. The zero-order valence-electron chi connectivity index (χ0n) is 12.5. The average Bonchev–Trinajstić information content (AvgIpc) is 2.58. The van der Waals surface area contributed by atoms with Crippen LogP contribution in [0.4, 0.5) is 0 Å². The second-order valence-electron chi connectivity index (χ2n) is 4.56. The van der Waals surface area contributed by atoms with Gasteiger partial charge in [0.1, 0.15) is 0 Å². The zero-order chi connectivity index (χ0) is 17.4. The number of amidine groups is 2. The second-order valence-corrected chi connectivity index (χ2v) is 5.44. The fraction of sp³-hybridized carbons (Fsp3) is 0. The predicted molar refractivity (Wildman–Crippen MR) is 101 cm³/mol. The molecular formula is C16H14Cl2N6. The van der Waals surface area contributed by atoms with E-state index in [1.54, 1.807) is 48.5 Å². The highest BCUT2D eigenvalue weighted by Gasteiger charge is 1.97. The van der Waals surface area contributed by atoms with E-state index in [4.69, 9.17) is 34.7 Å². The number of benzene rings is 2. The van der Waals surface area contributed by atoms with E-state index in [9.17, 15) is 0 Å². The summed E-state index contributed by atoms with van der Waals surface area (Å²) in [5.74, 6) is -0.0676. The van der Waals surface area contributed by atoms with E-state index in [2.05, 4.69) is 20.4 Å². The Kier molecular flexibility index (Phi) is 6.48. The first-order chi connectivity index (χ1) is 11.5. The summed E-state index contributed by atoms with van der Waals surface area (Å²) in [6.07, 6.45) is 3.04. The first kappa shape index (κ1) is 17.7. The van der Waals surface area contributed by atoms with E-state index in [0.717, 1.165) is 11.1 Å². The van der Waals surface area contributed by atoms with Gasteiger partial charge in [-0.15, -0.1) is 10.2 Å². The summed E-state index contributed by atoms with van der Waals surface area (Å²) in [6.45, 7) is 0. The average molecular weight is 361 g/mol. The fourth-order valence-corrected chi connectivity index (χ4v) is 1.77. The number of halogens is 2. The van der Waals surface area contributed by atoms with Gasteiger partial charge in [0.25, 0.3) is 0 Å². The summed E-state index contributed by atoms with van der Waals surface area (Å²) < 4.78 is 0. The van der Waals surface area contributed by atoms with E-state index in [1.165, 1.54) is 12.4 Å². The number of hydrogen-bond donors (Lipinski definition) is 2. The maximum absolute atomic E-state index is 5.79. The molecular weight excluding hydrogens is 347 g/mol. The van der Waals surface area contributed by atoms with Crippen LogP contribution in [0, 0.1) is 0 Å². The van der Waals surface area contributed by atoms with Crippen LogP contribution in [0.2, 0.25) is 10.0 Å². The molecule has 0 aromatic heterocycles. The molecule has 4 N–H and O–H groups in total. The molecule has 0 radical (unpaired) electrons. The summed E-state index contributed by atoms with van der Waals surface area (Å²) >= 11 is 11.6. The monoisotopic (exact) mass is 360 g/mol. The molecule has 2 aromatic carbocycles. The maximum Gasteiger partial charge on any atom is 0.190 e. The predicted octanol–water partition coefficient (Wildman–Crippen LogP) is 3.08. The largest absolute Gasteiger partial charge is 0.379 e. The molecule has 2 aromatic rings. The van der Waals surface area contributed by atoms with Gasteiger partial charge in [-0.3, -0.25) is 0 Å². The number of nitrogens with zero attached hydrogens (tertiary/aromatic N) is 4. The van der Waals surface area contributed by atoms with Crippen LogP contribution in [-0.4, -0.2) is 24.1 Å². The molecule has 0 aliphatic rings. The Morgan fingerprint density at radius 3 is 1.33 bits per heavy atom. The molecule has 0 bridgehead atoms. The van der Waals surface area contributed by atoms with Crippen molar-refractivity contribution >= 4 is 47.3 Å². The SMILES string of the molecule is NC(=N\N=C/c1ccc(Cl)cc1)/C(N)=N\N=Cc1ccc(Cl)cc1. The lowest BCUT2D eigenvalue weighted by atomic mass is 10.2. The molecule has 24 heavy (non-hydrogen) atoms. The molecule has 122 valence electrons. The minimum absolute atomic E-state index is 0.0338. The van der Waals surface area contributed by atoms with Crippen LogP contribution < -0.4 is 11.5 Å². The standard InChI is InChI=1S/C16H14Cl2N6/c17-13-5-1-11(2-6-13)9-21-23-15(19)16(20)24-22-10-12-3-7-14(18)8-4-12/h1-10H,(H2,19,23)(H2,20,24)/b21-9-,22-10?. The van der Waals surface area contributed by atoms with Crippen molar-refractivity contribution in [2.45, 2.75) is 0 Å². The van der Waals surface area contributed by atoms with Crippen LogP contribution in [0.1, 0.15) is 11.1 Å². The Morgan fingerprint density at radius 1 is 0.667 bits per heavy atom. The van der Waals surface area contributed by atoms with E-state index in [-0.39, 0.29) is 11.7 Å². The smallest absolute Gasteiger partial charge is 0.190 e. The Hall–Kier alpha value is -2.70. The number of nitrogens with two attached hydrogens (primary N) is 2. The van der Waals surface area contributed by atoms with Crippen molar-refractivity contribution in [2.75, 3.05) is 0 Å². The first-order valence-electron chi connectivity index (χ1n) is 6.79. The fourth-order valence-electron chi connectivity index (χ4n) is 1.52. The first-order valence-corrected chi connectivity index (χ1v) is 7.54. The molecule has 0 saturated carbocycles. The summed E-state index contributed by atoms with van der Waals surface area (Å²) in [4.78, 5) is 0. The third kappa shape index (κ3) is 5.83. The Bertz CT molecular complexity index is 723. The number of hydrogen-bond acceptors (Lipinski definition) is 4. The summed E-state index contributed by atoms with van der Waals surface area (Å²) in [5.41, 5.74) is 13.0. The lowest BCUT2D eigenvalue weighted by Gasteiger charge is -1.95. The lowest BCUT2D eigenvalue weighted by molar-refractivity contribution is 1.21. The van der Waals surface area contributed by atoms with Crippen molar-refractivity contribution in [2.24, 2.45) is 31.9 Å². The molecule has 0 atom stereocenters. The maximum atomic E-state index is 5.79. The Morgan fingerprint density at radius 2 is 1.00 bits per heavy atom. The summed E-state index contributed by atoms with van der Waals surface area (Å²) in [7, 11) is 0. The molecule has 0 unspecified atom stereocenters.